The zero-order valence-corrected chi connectivity index (χ0v) is 15.2. The number of amides is 3. The van der Waals surface area contributed by atoms with Gasteiger partial charge in [0.15, 0.2) is 6.61 Å². The number of nitrogens with zero attached hydrogens (tertiary/aromatic N) is 1. The molecule has 27 heavy (non-hydrogen) atoms. The number of H-pyrrole nitrogens is 1. The predicted molar refractivity (Wildman–Crippen MR) is 98.0 cm³/mol. The van der Waals surface area contributed by atoms with Gasteiger partial charge in [0, 0.05) is 11.9 Å². The van der Waals surface area contributed by atoms with E-state index in [1.54, 1.807) is 24.3 Å². The first-order valence-electron chi connectivity index (χ1n) is 8.56. The first-order chi connectivity index (χ1) is 12.9. The van der Waals surface area contributed by atoms with Crippen LogP contribution in [0.4, 0.5) is 4.79 Å². The summed E-state index contributed by atoms with van der Waals surface area (Å²) in [6.07, 6.45) is 0.571. The lowest BCUT2D eigenvalue weighted by Crippen LogP contribution is -2.42. The number of rotatable bonds is 7. The molecule has 1 aromatic carbocycles. The molecular formula is C18H22N4O5. The van der Waals surface area contributed by atoms with Gasteiger partial charge >= 0.3 is 12.0 Å². The zero-order valence-electron chi connectivity index (χ0n) is 15.2. The molecule has 2 rings (SSSR count). The third-order valence-corrected chi connectivity index (χ3v) is 3.71. The van der Waals surface area contributed by atoms with E-state index in [1.165, 1.54) is 0 Å². The highest BCUT2D eigenvalue weighted by Crippen LogP contribution is 2.13. The van der Waals surface area contributed by atoms with Crippen LogP contribution in [0.2, 0.25) is 0 Å². The summed E-state index contributed by atoms with van der Waals surface area (Å²) in [5.41, 5.74) is -0.0207. The Labute approximate surface area is 155 Å². The van der Waals surface area contributed by atoms with Crippen LogP contribution >= 0.6 is 0 Å². The monoisotopic (exact) mass is 374 g/mol. The molecule has 144 valence electrons. The molecule has 1 heterocycles. The van der Waals surface area contributed by atoms with Crippen LogP contribution in [-0.2, 0) is 20.7 Å². The van der Waals surface area contributed by atoms with Gasteiger partial charge in [-0.05, 0) is 18.4 Å². The molecule has 0 atom stereocenters. The van der Waals surface area contributed by atoms with Crippen molar-refractivity contribution < 1.29 is 19.1 Å². The van der Waals surface area contributed by atoms with Gasteiger partial charge in [0.1, 0.15) is 0 Å². The normalized spacial score (nSPS) is 10.6. The smallest absolute Gasteiger partial charge is 0.321 e. The van der Waals surface area contributed by atoms with Gasteiger partial charge in [0.05, 0.1) is 17.5 Å². The Morgan fingerprint density at radius 1 is 1.19 bits per heavy atom. The molecule has 2 aromatic rings. The molecule has 3 amide bonds. The van der Waals surface area contributed by atoms with Crippen molar-refractivity contribution in [3.05, 3.63) is 40.3 Å². The van der Waals surface area contributed by atoms with Crippen LogP contribution in [-0.4, -0.2) is 41.3 Å². The van der Waals surface area contributed by atoms with E-state index in [0.717, 1.165) is 6.42 Å². The molecular weight excluding hydrogens is 352 g/mol. The van der Waals surface area contributed by atoms with Crippen LogP contribution in [0.25, 0.3) is 10.8 Å². The number of hydrogen-bond donors (Lipinski definition) is 3. The van der Waals surface area contributed by atoms with Gasteiger partial charge in [0.25, 0.3) is 11.5 Å². The summed E-state index contributed by atoms with van der Waals surface area (Å²) in [6.45, 7) is 3.90. The molecule has 9 nitrogen and oxygen atoms in total. The van der Waals surface area contributed by atoms with E-state index in [0.29, 0.717) is 28.9 Å². The molecule has 3 N–H and O–H groups in total. The number of hydrogen-bond acceptors (Lipinski definition) is 6. The van der Waals surface area contributed by atoms with Gasteiger partial charge in [-0.2, -0.15) is 5.10 Å². The average Bonchev–Trinajstić information content (AvgIpc) is 2.62. The van der Waals surface area contributed by atoms with Gasteiger partial charge in [-0.1, -0.05) is 32.0 Å². The van der Waals surface area contributed by atoms with Crippen LogP contribution in [0, 0.1) is 5.92 Å². The molecule has 0 aliphatic heterocycles. The van der Waals surface area contributed by atoms with Gasteiger partial charge < -0.3 is 10.1 Å². The number of nitrogens with one attached hydrogen (secondary N) is 3. The summed E-state index contributed by atoms with van der Waals surface area (Å²) in [5.74, 6) is -1.00. The number of aromatic nitrogens is 2. The zero-order chi connectivity index (χ0) is 19.8. The van der Waals surface area contributed by atoms with E-state index in [2.05, 4.69) is 20.8 Å². The average molecular weight is 374 g/mol. The Morgan fingerprint density at radius 3 is 2.59 bits per heavy atom. The van der Waals surface area contributed by atoms with Crippen molar-refractivity contribution in [2.75, 3.05) is 13.2 Å². The number of carbonyl (C=O) groups excluding carboxylic acids is 3. The minimum Gasteiger partial charge on any atom is -0.455 e. The SMILES string of the molecule is CC(C)CCNC(=O)NC(=O)COC(=O)Cc1n[nH]c(=O)c2ccccc12. The van der Waals surface area contributed by atoms with Crippen molar-refractivity contribution in [3.8, 4) is 0 Å². The Balaban J connectivity index is 1.83. The highest BCUT2D eigenvalue weighted by molar-refractivity contribution is 5.95. The quantitative estimate of drug-likeness (QED) is 0.617. The molecule has 0 saturated carbocycles. The van der Waals surface area contributed by atoms with E-state index < -0.39 is 24.5 Å². The Hall–Kier alpha value is -3.23. The Bertz CT molecular complexity index is 891. The summed E-state index contributed by atoms with van der Waals surface area (Å²) < 4.78 is 4.87. The highest BCUT2D eigenvalue weighted by atomic mass is 16.5. The fourth-order valence-electron chi connectivity index (χ4n) is 2.32. The number of ether oxygens (including phenoxy) is 1. The largest absolute Gasteiger partial charge is 0.455 e. The van der Waals surface area contributed by atoms with E-state index in [1.807, 2.05) is 13.8 Å². The maximum absolute atomic E-state index is 11.9. The second-order valence-electron chi connectivity index (χ2n) is 6.37. The maximum atomic E-state index is 11.9. The van der Waals surface area contributed by atoms with Crippen molar-refractivity contribution in [1.29, 1.82) is 0 Å². The molecule has 0 spiro atoms. The molecule has 0 saturated heterocycles. The first kappa shape index (κ1) is 20.1. The lowest BCUT2D eigenvalue weighted by Gasteiger charge is -2.09. The summed E-state index contributed by atoms with van der Waals surface area (Å²) in [6, 6.07) is 6.09. The van der Waals surface area contributed by atoms with Crippen LogP contribution in [0.5, 0.6) is 0 Å². The third-order valence-electron chi connectivity index (χ3n) is 3.71. The number of urea groups is 1. The van der Waals surface area contributed by atoms with E-state index in [4.69, 9.17) is 4.74 Å². The molecule has 0 aliphatic rings. The second-order valence-corrected chi connectivity index (χ2v) is 6.37. The Kier molecular flexibility index (Phi) is 7.04. The standard InChI is InChI=1S/C18H22N4O5/c1-11(2)7-8-19-18(26)20-15(23)10-27-16(24)9-14-12-5-3-4-6-13(12)17(25)22-21-14/h3-6,11H,7-10H2,1-2H3,(H,22,25)(H2,19,20,23,26). The minimum atomic E-state index is -0.732. The van der Waals surface area contributed by atoms with Crippen molar-refractivity contribution in [3.63, 3.8) is 0 Å². The molecule has 1 aromatic heterocycles. The number of carbonyl (C=O) groups is 3. The maximum Gasteiger partial charge on any atom is 0.321 e. The van der Waals surface area contributed by atoms with Gasteiger partial charge in [-0.15, -0.1) is 0 Å². The number of esters is 1. The number of imide groups is 1. The molecule has 0 aliphatic carbocycles. The summed E-state index contributed by atoms with van der Waals surface area (Å²) >= 11 is 0. The van der Waals surface area contributed by atoms with Gasteiger partial charge in [-0.3, -0.25) is 19.7 Å². The topological polar surface area (TPSA) is 130 Å². The number of fused-ring (bicyclic) bond motifs is 1. The highest BCUT2D eigenvalue weighted by Gasteiger charge is 2.14. The molecule has 0 unspecified atom stereocenters. The van der Waals surface area contributed by atoms with Crippen molar-refractivity contribution in [2.45, 2.75) is 26.7 Å². The first-order valence-corrected chi connectivity index (χ1v) is 8.56. The van der Waals surface area contributed by atoms with Gasteiger partial charge in [-0.25, -0.2) is 9.89 Å². The molecule has 0 bridgehead atoms. The van der Waals surface area contributed by atoms with Crippen molar-refractivity contribution in [1.82, 2.24) is 20.8 Å². The number of aromatic amines is 1. The molecule has 0 fully saturated rings. The van der Waals surface area contributed by atoms with Gasteiger partial charge in [0.2, 0.25) is 0 Å². The molecule has 0 radical (unpaired) electrons. The van der Waals surface area contributed by atoms with Crippen LogP contribution in [0.15, 0.2) is 29.1 Å². The fourth-order valence-corrected chi connectivity index (χ4v) is 2.32. The third kappa shape index (κ3) is 6.21. The van der Waals surface area contributed by atoms with Crippen LogP contribution in [0.3, 0.4) is 0 Å². The minimum absolute atomic E-state index is 0.217. The Morgan fingerprint density at radius 2 is 1.89 bits per heavy atom. The van der Waals surface area contributed by atoms with Crippen LogP contribution < -0.4 is 16.2 Å². The van der Waals surface area contributed by atoms with Crippen molar-refractivity contribution in [2.24, 2.45) is 5.92 Å². The number of benzene rings is 1. The van der Waals surface area contributed by atoms with Crippen molar-refractivity contribution >= 4 is 28.7 Å². The summed E-state index contributed by atoms with van der Waals surface area (Å²) in [4.78, 5) is 46.8. The van der Waals surface area contributed by atoms with E-state index in [-0.39, 0.29) is 12.0 Å². The fraction of sp³-hybridized carbons (Fsp3) is 0.389. The van der Waals surface area contributed by atoms with E-state index in [9.17, 15) is 19.2 Å². The van der Waals surface area contributed by atoms with Crippen LogP contribution in [0.1, 0.15) is 26.0 Å². The van der Waals surface area contributed by atoms with E-state index >= 15 is 0 Å². The lowest BCUT2D eigenvalue weighted by molar-refractivity contribution is -0.147. The second kappa shape index (κ2) is 9.46. The summed E-state index contributed by atoms with van der Waals surface area (Å²) in [5, 5.41) is 11.8. The summed E-state index contributed by atoms with van der Waals surface area (Å²) in [7, 11) is 0. The predicted octanol–water partition coefficient (Wildman–Crippen LogP) is 0.881. The molecule has 9 heteroatoms. The lowest BCUT2D eigenvalue weighted by atomic mass is 10.1.